The number of nitrogens with one attached hydrogen (secondary N) is 1. The van der Waals surface area contributed by atoms with Crippen LogP contribution in [0.5, 0.6) is 0 Å². The Morgan fingerprint density at radius 1 is 1.19 bits per heavy atom. The van der Waals surface area contributed by atoms with Crippen molar-refractivity contribution in [1.82, 2.24) is 29.1 Å². The van der Waals surface area contributed by atoms with Crippen LogP contribution in [0.25, 0.3) is 27.9 Å². The van der Waals surface area contributed by atoms with E-state index in [2.05, 4.69) is 31.9 Å². The number of hydrogen-bond donors (Lipinski definition) is 1. The van der Waals surface area contributed by atoms with Gasteiger partial charge < -0.3 is 9.88 Å². The number of aryl methyl sites for hydroxylation is 2. The highest BCUT2D eigenvalue weighted by atomic mass is 19.3. The van der Waals surface area contributed by atoms with Gasteiger partial charge in [-0.2, -0.15) is 0 Å². The number of nitrogens with zero attached hydrogens (tertiary/aromatic N) is 6. The van der Waals surface area contributed by atoms with E-state index in [-0.39, 0.29) is 5.95 Å². The first-order valence-corrected chi connectivity index (χ1v) is 8.66. The Morgan fingerprint density at radius 2 is 2.00 bits per heavy atom. The van der Waals surface area contributed by atoms with Crippen molar-refractivity contribution >= 4 is 22.6 Å². The summed E-state index contributed by atoms with van der Waals surface area (Å²) in [7, 11) is 0. The van der Waals surface area contributed by atoms with E-state index in [1.54, 1.807) is 16.9 Å². The second-order valence-corrected chi connectivity index (χ2v) is 6.51. The molecule has 4 heterocycles. The number of halogens is 2. The highest BCUT2D eigenvalue weighted by Crippen LogP contribution is 2.26. The number of hydrogen-bond acceptors (Lipinski definition) is 5. The Hall–Kier alpha value is -3.10. The Balaban J connectivity index is 1.73. The van der Waals surface area contributed by atoms with Crippen LogP contribution in [0.1, 0.15) is 19.7 Å². The van der Waals surface area contributed by atoms with Gasteiger partial charge in [0.05, 0.1) is 24.0 Å². The van der Waals surface area contributed by atoms with Gasteiger partial charge in [-0.15, -0.1) is 5.10 Å². The molecule has 0 amide bonds. The van der Waals surface area contributed by atoms with Crippen molar-refractivity contribution in [3.8, 4) is 11.3 Å². The van der Waals surface area contributed by atoms with Crippen molar-refractivity contribution in [2.45, 2.75) is 33.2 Å². The first kappa shape index (κ1) is 17.3. The van der Waals surface area contributed by atoms with Gasteiger partial charge in [-0.25, -0.2) is 28.2 Å². The molecule has 0 atom stereocenters. The lowest BCUT2D eigenvalue weighted by atomic mass is 10.2. The first-order valence-electron chi connectivity index (χ1n) is 8.66. The van der Waals surface area contributed by atoms with Gasteiger partial charge >= 0.3 is 0 Å². The molecule has 0 bridgehead atoms. The largest absolute Gasteiger partial charge is 0.347 e. The molecule has 0 aliphatic carbocycles. The van der Waals surface area contributed by atoms with Crippen LogP contribution >= 0.6 is 0 Å². The second-order valence-electron chi connectivity index (χ2n) is 6.51. The van der Waals surface area contributed by atoms with Gasteiger partial charge in [0.2, 0.25) is 5.95 Å². The molecule has 1 N–H and O–H groups in total. The van der Waals surface area contributed by atoms with Crippen LogP contribution in [-0.4, -0.2) is 41.6 Å². The number of imidazole rings is 1. The fourth-order valence-corrected chi connectivity index (χ4v) is 3.08. The number of rotatable bonds is 5. The topological polar surface area (TPSA) is 72.9 Å². The highest BCUT2D eigenvalue weighted by Gasteiger charge is 2.21. The fourth-order valence-electron chi connectivity index (χ4n) is 3.08. The summed E-state index contributed by atoms with van der Waals surface area (Å²) >= 11 is 0. The lowest BCUT2D eigenvalue weighted by molar-refractivity contribution is 0.0365. The number of alkyl halides is 2. The maximum absolute atomic E-state index is 13.0. The molecule has 0 aliphatic rings. The molecule has 0 saturated heterocycles. The molecule has 140 valence electrons. The van der Waals surface area contributed by atoms with Gasteiger partial charge in [0, 0.05) is 25.2 Å². The van der Waals surface area contributed by atoms with Crippen molar-refractivity contribution in [2.75, 3.05) is 11.9 Å². The maximum Gasteiger partial charge on any atom is 0.262 e. The average molecular weight is 371 g/mol. The van der Waals surface area contributed by atoms with E-state index in [1.807, 2.05) is 25.1 Å². The number of fused-ring (bicyclic) bond motifs is 2. The number of aromatic nitrogens is 6. The zero-order valence-corrected chi connectivity index (χ0v) is 15.2. The molecule has 0 fully saturated rings. The van der Waals surface area contributed by atoms with Crippen LogP contribution < -0.4 is 5.32 Å². The van der Waals surface area contributed by atoms with Crippen LogP contribution in [0.15, 0.2) is 30.6 Å². The van der Waals surface area contributed by atoms with Crippen LogP contribution in [0.4, 0.5) is 14.7 Å². The molecule has 4 aromatic rings. The minimum Gasteiger partial charge on any atom is -0.347 e. The van der Waals surface area contributed by atoms with Crippen molar-refractivity contribution in [2.24, 2.45) is 0 Å². The minimum atomic E-state index is -2.83. The SMILES string of the molecule is CCn1c(C)nc2ccc(-c3ccn4nc(NCC(C)(F)F)ncc34)nc21. The van der Waals surface area contributed by atoms with Crippen LogP contribution in [0, 0.1) is 6.92 Å². The molecule has 0 unspecified atom stereocenters. The molecule has 7 nitrogen and oxygen atoms in total. The van der Waals surface area contributed by atoms with Crippen LogP contribution in [0.3, 0.4) is 0 Å². The predicted molar refractivity (Wildman–Crippen MR) is 99.0 cm³/mol. The summed E-state index contributed by atoms with van der Waals surface area (Å²) in [6, 6.07) is 5.74. The third kappa shape index (κ3) is 3.20. The molecule has 0 aromatic carbocycles. The molecule has 0 aliphatic heterocycles. The Kier molecular flexibility index (Phi) is 4.01. The molecule has 9 heteroatoms. The summed E-state index contributed by atoms with van der Waals surface area (Å²) in [6.45, 7) is 5.12. The molecular weight excluding hydrogens is 352 g/mol. The molecule has 0 spiro atoms. The van der Waals surface area contributed by atoms with E-state index < -0.39 is 12.5 Å². The molecule has 0 saturated carbocycles. The van der Waals surface area contributed by atoms with Gasteiger partial charge in [-0.1, -0.05) is 0 Å². The summed E-state index contributed by atoms with van der Waals surface area (Å²) < 4.78 is 29.7. The summed E-state index contributed by atoms with van der Waals surface area (Å²) in [6.07, 6.45) is 3.36. The van der Waals surface area contributed by atoms with E-state index in [1.165, 1.54) is 0 Å². The smallest absolute Gasteiger partial charge is 0.262 e. The Morgan fingerprint density at radius 3 is 2.74 bits per heavy atom. The third-order valence-corrected chi connectivity index (χ3v) is 4.35. The first-order chi connectivity index (χ1) is 12.9. The van der Waals surface area contributed by atoms with E-state index in [9.17, 15) is 8.78 Å². The van der Waals surface area contributed by atoms with Crippen molar-refractivity contribution < 1.29 is 8.78 Å². The van der Waals surface area contributed by atoms with E-state index in [4.69, 9.17) is 4.98 Å². The summed E-state index contributed by atoms with van der Waals surface area (Å²) in [5, 5.41) is 6.79. The van der Waals surface area contributed by atoms with E-state index in [0.29, 0.717) is 0 Å². The van der Waals surface area contributed by atoms with Crippen LogP contribution in [-0.2, 0) is 6.54 Å². The van der Waals surface area contributed by atoms with Gasteiger partial charge in [-0.3, -0.25) is 0 Å². The molecule has 0 radical (unpaired) electrons. The number of anilines is 1. The highest BCUT2D eigenvalue weighted by molar-refractivity contribution is 5.82. The van der Waals surface area contributed by atoms with Crippen LogP contribution in [0.2, 0.25) is 0 Å². The average Bonchev–Trinajstić information content (AvgIpc) is 3.18. The Labute approximate surface area is 154 Å². The second kappa shape index (κ2) is 6.26. The van der Waals surface area contributed by atoms with Crippen molar-refractivity contribution in [3.63, 3.8) is 0 Å². The lowest BCUT2D eigenvalue weighted by Gasteiger charge is -2.11. The van der Waals surface area contributed by atoms with Gasteiger partial charge in [0.15, 0.2) is 5.65 Å². The molecule has 27 heavy (non-hydrogen) atoms. The quantitative estimate of drug-likeness (QED) is 0.581. The summed E-state index contributed by atoms with van der Waals surface area (Å²) in [5.41, 5.74) is 4.07. The lowest BCUT2D eigenvalue weighted by Crippen LogP contribution is -2.24. The molecule has 4 rings (SSSR count). The normalized spacial score (nSPS) is 12.2. The van der Waals surface area contributed by atoms with Gasteiger partial charge in [-0.05, 0) is 32.0 Å². The zero-order valence-electron chi connectivity index (χ0n) is 15.2. The fraction of sp³-hybridized carbons (Fsp3) is 0.333. The monoisotopic (exact) mass is 371 g/mol. The minimum absolute atomic E-state index is 0.147. The molecule has 4 aromatic heterocycles. The van der Waals surface area contributed by atoms with Crippen molar-refractivity contribution in [3.05, 3.63) is 36.4 Å². The Bertz CT molecular complexity index is 1120. The van der Waals surface area contributed by atoms with E-state index >= 15 is 0 Å². The number of pyridine rings is 1. The summed E-state index contributed by atoms with van der Waals surface area (Å²) in [5.74, 6) is -1.76. The molecular formula is C18H19F2N7. The summed E-state index contributed by atoms with van der Waals surface area (Å²) in [4.78, 5) is 13.4. The van der Waals surface area contributed by atoms with Gasteiger partial charge in [0.1, 0.15) is 11.3 Å². The third-order valence-electron chi connectivity index (χ3n) is 4.35. The van der Waals surface area contributed by atoms with E-state index in [0.717, 1.165) is 47.2 Å². The standard InChI is InChI=1S/C18H19F2N7/c1-4-26-11(2)23-14-6-5-13(24-16(14)26)12-7-8-27-15(12)9-21-17(25-27)22-10-18(3,19)20/h5-9H,4,10H2,1-3H3,(H,22,25). The van der Waals surface area contributed by atoms with Crippen molar-refractivity contribution in [1.29, 1.82) is 0 Å². The maximum atomic E-state index is 13.0. The van der Waals surface area contributed by atoms with Gasteiger partial charge in [0.25, 0.3) is 5.92 Å². The zero-order chi connectivity index (χ0) is 19.2. The predicted octanol–water partition coefficient (Wildman–Crippen LogP) is 3.54.